The molecule has 2 aromatic rings. The number of unbranched alkanes of at least 4 members (excludes halogenated alkanes) is 5. The summed E-state index contributed by atoms with van der Waals surface area (Å²) < 4.78 is 5.30. The van der Waals surface area contributed by atoms with Crippen molar-refractivity contribution in [1.82, 2.24) is 10.2 Å². The van der Waals surface area contributed by atoms with E-state index in [1.54, 1.807) is 57.2 Å². The van der Waals surface area contributed by atoms with Crippen LogP contribution in [0.15, 0.2) is 42.5 Å². The minimum absolute atomic E-state index is 0.305. The number of carbonyl (C=O) groups is 3. The number of para-hydroxylation sites is 1. The van der Waals surface area contributed by atoms with E-state index in [1.165, 1.54) is 4.90 Å². The number of terminal acetylenes is 1. The molecular weight excluding hydrogens is 526 g/mol. The maximum Gasteiger partial charge on any atom is 0.408 e. The molecule has 0 spiro atoms. The number of hydrogen-bond donors (Lipinski definition) is 2. The predicted octanol–water partition coefficient (Wildman–Crippen LogP) is 7.02. The SMILES string of the molecule is C#Cc1ccccc1C(C(=O)Nc1c(C)cccc1Cl)N(CCCCCCCC)C(=O)CNC(=O)OC(C)(C)C. The first kappa shape index (κ1) is 32.7. The average Bonchev–Trinajstić information content (AvgIpc) is 2.89. The van der Waals surface area contributed by atoms with E-state index in [0.29, 0.717) is 34.8 Å². The summed E-state index contributed by atoms with van der Waals surface area (Å²) in [7, 11) is 0. The maximum absolute atomic E-state index is 14.0. The van der Waals surface area contributed by atoms with Gasteiger partial charge in [0, 0.05) is 12.1 Å². The molecule has 0 aliphatic rings. The lowest BCUT2D eigenvalue weighted by Gasteiger charge is -2.32. The molecule has 2 aromatic carbocycles. The monoisotopic (exact) mass is 567 g/mol. The van der Waals surface area contributed by atoms with Gasteiger partial charge in [-0.15, -0.1) is 6.42 Å². The number of halogens is 1. The Kier molecular flexibility index (Phi) is 13.0. The predicted molar refractivity (Wildman–Crippen MR) is 161 cm³/mol. The number of ether oxygens (including phenoxy) is 1. The van der Waals surface area contributed by atoms with E-state index in [0.717, 1.165) is 37.7 Å². The fourth-order valence-electron chi connectivity index (χ4n) is 4.32. The van der Waals surface area contributed by atoms with Crippen molar-refractivity contribution in [2.45, 2.75) is 84.8 Å². The number of carbonyl (C=O) groups excluding carboxylic acids is 3. The van der Waals surface area contributed by atoms with Crippen LogP contribution in [0.5, 0.6) is 0 Å². The third-order valence-electron chi connectivity index (χ3n) is 6.30. The van der Waals surface area contributed by atoms with Gasteiger partial charge in [-0.1, -0.05) is 86.9 Å². The molecule has 0 aliphatic carbocycles. The number of amides is 3. The van der Waals surface area contributed by atoms with Crippen molar-refractivity contribution < 1.29 is 19.1 Å². The Labute approximate surface area is 244 Å². The molecule has 3 amide bonds. The van der Waals surface area contributed by atoms with Gasteiger partial charge in [-0.05, 0) is 57.4 Å². The van der Waals surface area contributed by atoms with E-state index in [-0.39, 0.29) is 6.54 Å². The van der Waals surface area contributed by atoms with Gasteiger partial charge < -0.3 is 20.3 Å². The van der Waals surface area contributed by atoms with Crippen molar-refractivity contribution in [3.63, 3.8) is 0 Å². The Balaban J connectivity index is 2.44. The molecule has 8 heteroatoms. The van der Waals surface area contributed by atoms with Crippen molar-refractivity contribution in [2.75, 3.05) is 18.4 Å². The number of rotatable bonds is 13. The Bertz CT molecular complexity index is 1180. The summed E-state index contributed by atoms with van der Waals surface area (Å²) in [6.45, 7) is 9.20. The zero-order chi connectivity index (χ0) is 29.7. The summed E-state index contributed by atoms with van der Waals surface area (Å²) in [5.41, 5.74) is 1.55. The summed E-state index contributed by atoms with van der Waals surface area (Å²) in [6, 6.07) is 11.3. The van der Waals surface area contributed by atoms with Gasteiger partial charge in [-0.25, -0.2) is 4.79 Å². The van der Waals surface area contributed by atoms with Crippen LogP contribution in [-0.4, -0.2) is 41.5 Å². The van der Waals surface area contributed by atoms with Crippen molar-refractivity contribution in [3.05, 3.63) is 64.2 Å². The summed E-state index contributed by atoms with van der Waals surface area (Å²) in [5.74, 6) is 1.77. The summed E-state index contributed by atoms with van der Waals surface area (Å²) >= 11 is 6.42. The van der Waals surface area contributed by atoms with Gasteiger partial charge in [0.25, 0.3) is 5.91 Å². The first-order chi connectivity index (χ1) is 19.0. The zero-order valence-corrected chi connectivity index (χ0v) is 25.1. The van der Waals surface area contributed by atoms with E-state index in [2.05, 4.69) is 23.5 Å². The van der Waals surface area contributed by atoms with Gasteiger partial charge in [-0.3, -0.25) is 9.59 Å². The molecule has 2 N–H and O–H groups in total. The van der Waals surface area contributed by atoms with Crippen LogP contribution in [0.25, 0.3) is 0 Å². The first-order valence-electron chi connectivity index (χ1n) is 13.9. The zero-order valence-electron chi connectivity index (χ0n) is 24.3. The summed E-state index contributed by atoms with van der Waals surface area (Å²) in [4.78, 5) is 41.5. The van der Waals surface area contributed by atoms with Gasteiger partial charge >= 0.3 is 6.09 Å². The fourth-order valence-corrected chi connectivity index (χ4v) is 4.59. The van der Waals surface area contributed by atoms with Crippen LogP contribution in [0.3, 0.4) is 0 Å². The highest BCUT2D eigenvalue weighted by atomic mass is 35.5. The lowest BCUT2D eigenvalue weighted by Crippen LogP contribution is -2.47. The van der Waals surface area contributed by atoms with Crippen LogP contribution >= 0.6 is 11.6 Å². The van der Waals surface area contributed by atoms with Crippen molar-refractivity contribution in [1.29, 1.82) is 0 Å². The van der Waals surface area contributed by atoms with Crippen LogP contribution in [0.1, 0.15) is 89.0 Å². The number of nitrogens with zero attached hydrogens (tertiary/aromatic N) is 1. The second-order valence-electron chi connectivity index (χ2n) is 10.8. The normalized spacial score (nSPS) is 11.7. The molecule has 0 bridgehead atoms. The molecular formula is C32H42ClN3O4. The third-order valence-corrected chi connectivity index (χ3v) is 6.61. The molecule has 216 valence electrons. The van der Waals surface area contributed by atoms with Crippen LogP contribution in [0.4, 0.5) is 10.5 Å². The van der Waals surface area contributed by atoms with E-state index < -0.39 is 29.6 Å². The Hall–Kier alpha value is -3.50. The highest BCUT2D eigenvalue weighted by molar-refractivity contribution is 6.34. The molecule has 2 rings (SSSR count). The molecule has 0 heterocycles. The number of alkyl carbamates (subject to hydrolysis) is 1. The van der Waals surface area contributed by atoms with Gasteiger partial charge in [-0.2, -0.15) is 0 Å². The van der Waals surface area contributed by atoms with E-state index in [9.17, 15) is 14.4 Å². The standard InChI is InChI=1S/C32H42ClN3O4/c1-7-9-10-11-12-15-21-36(27(37)22-34-31(39)40-32(4,5)6)29(25-19-14-13-18-24(25)8-2)30(38)35-28-23(3)17-16-20-26(28)33/h2,13-14,16-20,29H,7,9-12,15,21-22H2,1,3-6H3,(H,34,39)(H,35,38). The van der Waals surface area contributed by atoms with Crippen molar-refractivity contribution >= 4 is 35.2 Å². The second kappa shape index (κ2) is 15.9. The molecule has 7 nitrogen and oxygen atoms in total. The highest BCUT2D eigenvalue weighted by Crippen LogP contribution is 2.30. The number of anilines is 1. The van der Waals surface area contributed by atoms with Crippen LogP contribution in [-0.2, 0) is 14.3 Å². The molecule has 1 atom stereocenters. The fraction of sp³-hybridized carbons (Fsp3) is 0.469. The number of hydrogen-bond acceptors (Lipinski definition) is 4. The second-order valence-corrected chi connectivity index (χ2v) is 11.2. The highest BCUT2D eigenvalue weighted by Gasteiger charge is 2.33. The smallest absolute Gasteiger partial charge is 0.408 e. The largest absolute Gasteiger partial charge is 0.444 e. The molecule has 40 heavy (non-hydrogen) atoms. The minimum atomic E-state index is -1.05. The van der Waals surface area contributed by atoms with E-state index in [1.807, 2.05) is 13.0 Å². The lowest BCUT2D eigenvalue weighted by molar-refractivity contribution is -0.138. The van der Waals surface area contributed by atoms with Gasteiger partial charge in [0.1, 0.15) is 18.2 Å². The van der Waals surface area contributed by atoms with Gasteiger partial charge in [0.15, 0.2) is 0 Å². The van der Waals surface area contributed by atoms with Crippen LogP contribution in [0, 0.1) is 19.3 Å². The molecule has 0 fully saturated rings. The van der Waals surface area contributed by atoms with E-state index in [4.69, 9.17) is 22.8 Å². The summed E-state index contributed by atoms with van der Waals surface area (Å²) in [5, 5.41) is 5.85. The van der Waals surface area contributed by atoms with Gasteiger partial charge in [0.2, 0.25) is 5.91 Å². The first-order valence-corrected chi connectivity index (χ1v) is 14.2. The average molecular weight is 568 g/mol. The third kappa shape index (κ3) is 10.2. The summed E-state index contributed by atoms with van der Waals surface area (Å²) in [6.07, 6.45) is 11.1. The minimum Gasteiger partial charge on any atom is -0.444 e. The number of nitrogens with one attached hydrogen (secondary N) is 2. The Morgan fingerprint density at radius 3 is 2.35 bits per heavy atom. The molecule has 0 radical (unpaired) electrons. The van der Waals surface area contributed by atoms with Crippen LogP contribution < -0.4 is 10.6 Å². The topological polar surface area (TPSA) is 87.7 Å². The van der Waals surface area contributed by atoms with Gasteiger partial charge in [0.05, 0.1) is 10.7 Å². The maximum atomic E-state index is 14.0. The van der Waals surface area contributed by atoms with E-state index >= 15 is 0 Å². The number of benzene rings is 2. The van der Waals surface area contributed by atoms with Crippen LogP contribution in [0.2, 0.25) is 5.02 Å². The molecule has 0 saturated carbocycles. The molecule has 0 aromatic heterocycles. The molecule has 0 saturated heterocycles. The Morgan fingerprint density at radius 1 is 1.02 bits per heavy atom. The quantitative estimate of drug-likeness (QED) is 0.201. The van der Waals surface area contributed by atoms with Crippen molar-refractivity contribution in [3.8, 4) is 12.3 Å². The lowest BCUT2D eigenvalue weighted by atomic mass is 9.97. The molecule has 1 unspecified atom stereocenters. The number of aryl methyl sites for hydroxylation is 1. The Morgan fingerprint density at radius 2 is 1.70 bits per heavy atom. The molecule has 0 aliphatic heterocycles. The van der Waals surface area contributed by atoms with Crippen molar-refractivity contribution in [2.24, 2.45) is 0 Å².